The SMILES string of the molecule is CC(=CC(=O)N1CCC(c2nnc(C)o2)CC1)c1ccc(Cl)cc1Cn1nnc(C)n1. The van der Waals surface area contributed by atoms with Crippen LogP contribution in [0.2, 0.25) is 5.02 Å². The molecule has 0 spiro atoms. The van der Waals surface area contributed by atoms with E-state index in [0.717, 1.165) is 29.5 Å². The number of likely N-dealkylation sites (tertiary alicyclic amines) is 1. The molecule has 0 atom stereocenters. The first kappa shape index (κ1) is 21.2. The molecule has 3 heterocycles. The third-order valence-electron chi connectivity index (χ3n) is 5.39. The maximum absolute atomic E-state index is 12.9. The molecule has 1 saturated heterocycles. The van der Waals surface area contributed by atoms with Crippen molar-refractivity contribution in [3.05, 3.63) is 58.0 Å². The molecule has 0 unspecified atom stereocenters. The summed E-state index contributed by atoms with van der Waals surface area (Å²) in [5, 5.41) is 20.8. The van der Waals surface area contributed by atoms with E-state index in [1.54, 1.807) is 19.9 Å². The lowest BCUT2D eigenvalue weighted by molar-refractivity contribution is -0.127. The first-order valence-electron chi connectivity index (χ1n) is 10.2. The van der Waals surface area contributed by atoms with Crippen LogP contribution in [0.4, 0.5) is 0 Å². The largest absolute Gasteiger partial charge is 0.425 e. The van der Waals surface area contributed by atoms with E-state index in [0.29, 0.717) is 42.3 Å². The Kier molecular flexibility index (Phi) is 6.13. The molecule has 0 aliphatic carbocycles. The summed E-state index contributed by atoms with van der Waals surface area (Å²) >= 11 is 6.21. The average molecular weight is 442 g/mol. The molecule has 2 aromatic heterocycles. The molecular formula is C21H24ClN7O2. The number of carbonyl (C=O) groups is 1. The van der Waals surface area contributed by atoms with Crippen LogP contribution in [0.15, 0.2) is 28.7 Å². The Morgan fingerprint density at radius 3 is 2.65 bits per heavy atom. The minimum Gasteiger partial charge on any atom is -0.425 e. The number of benzene rings is 1. The van der Waals surface area contributed by atoms with Gasteiger partial charge in [0.15, 0.2) is 5.82 Å². The van der Waals surface area contributed by atoms with Gasteiger partial charge in [-0.25, -0.2) is 0 Å². The first-order chi connectivity index (χ1) is 14.9. The number of rotatable bonds is 5. The maximum atomic E-state index is 12.9. The van der Waals surface area contributed by atoms with Crippen LogP contribution in [0.3, 0.4) is 0 Å². The van der Waals surface area contributed by atoms with Gasteiger partial charge in [0.05, 0.1) is 6.54 Å². The molecule has 162 valence electrons. The second-order valence-corrected chi connectivity index (χ2v) is 8.19. The van der Waals surface area contributed by atoms with Crippen LogP contribution in [0.25, 0.3) is 5.57 Å². The number of tetrazole rings is 1. The van der Waals surface area contributed by atoms with Crippen LogP contribution < -0.4 is 0 Å². The molecule has 1 aliphatic rings. The van der Waals surface area contributed by atoms with Gasteiger partial charge < -0.3 is 9.32 Å². The summed E-state index contributed by atoms with van der Waals surface area (Å²) in [6.45, 7) is 7.24. The molecule has 4 rings (SSSR count). The zero-order valence-corrected chi connectivity index (χ0v) is 18.5. The van der Waals surface area contributed by atoms with Gasteiger partial charge in [-0.1, -0.05) is 17.7 Å². The molecule has 9 nitrogen and oxygen atoms in total. The van der Waals surface area contributed by atoms with Crippen LogP contribution in [0.1, 0.15) is 54.4 Å². The Labute approximate surface area is 185 Å². The van der Waals surface area contributed by atoms with Crippen LogP contribution >= 0.6 is 11.6 Å². The van der Waals surface area contributed by atoms with Crippen molar-refractivity contribution < 1.29 is 9.21 Å². The second-order valence-electron chi connectivity index (χ2n) is 7.75. The summed E-state index contributed by atoms with van der Waals surface area (Å²) < 4.78 is 5.55. The topological polar surface area (TPSA) is 103 Å². The minimum atomic E-state index is -0.00622. The highest BCUT2D eigenvalue weighted by Gasteiger charge is 2.26. The van der Waals surface area contributed by atoms with E-state index in [1.165, 1.54) is 4.80 Å². The fraction of sp³-hybridized carbons (Fsp3) is 0.429. The monoisotopic (exact) mass is 441 g/mol. The predicted molar refractivity (Wildman–Crippen MR) is 114 cm³/mol. The van der Waals surface area contributed by atoms with Gasteiger partial charge in [-0.15, -0.1) is 20.4 Å². The van der Waals surface area contributed by atoms with Crippen molar-refractivity contribution >= 4 is 23.1 Å². The number of hydrogen-bond donors (Lipinski definition) is 0. The number of aromatic nitrogens is 6. The summed E-state index contributed by atoms with van der Waals surface area (Å²) in [6.07, 6.45) is 3.30. The number of amides is 1. The van der Waals surface area contributed by atoms with Crippen molar-refractivity contribution in [3.63, 3.8) is 0 Å². The van der Waals surface area contributed by atoms with Gasteiger partial charge in [0.2, 0.25) is 17.7 Å². The molecule has 1 aromatic carbocycles. The Balaban J connectivity index is 1.46. The number of nitrogens with zero attached hydrogens (tertiary/aromatic N) is 7. The van der Waals surface area contributed by atoms with E-state index in [2.05, 4.69) is 25.6 Å². The van der Waals surface area contributed by atoms with Gasteiger partial charge in [-0.2, -0.15) is 4.80 Å². The predicted octanol–water partition coefficient (Wildman–Crippen LogP) is 3.18. The number of piperidine rings is 1. The molecule has 0 N–H and O–H groups in total. The van der Waals surface area contributed by atoms with Gasteiger partial charge in [-0.05, 0) is 60.7 Å². The van der Waals surface area contributed by atoms with Gasteiger partial charge in [-0.3, -0.25) is 4.79 Å². The van der Waals surface area contributed by atoms with Crippen LogP contribution in [-0.2, 0) is 11.3 Å². The molecule has 10 heteroatoms. The fourth-order valence-corrected chi connectivity index (χ4v) is 3.99. The zero-order chi connectivity index (χ0) is 22.0. The van der Waals surface area contributed by atoms with Crippen molar-refractivity contribution in [2.75, 3.05) is 13.1 Å². The number of aryl methyl sites for hydroxylation is 2. The van der Waals surface area contributed by atoms with E-state index in [-0.39, 0.29) is 11.8 Å². The highest BCUT2D eigenvalue weighted by atomic mass is 35.5. The number of allylic oxidation sites excluding steroid dienone is 1. The zero-order valence-electron chi connectivity index (χ0n) is 17.7. The van der Waals surface area contributed by atoms with Crippen molar-refractivity contribution in [1.82, 2.24) is 35.3 Å². The van der Waals surface area contributed by atoms with Crippen LogP contribution in [-0.4, -0.2) is 54.3 Å². The summed E-state index contributed by atoms with van der Waals surface area (Å²) in [6, 6.07) is 5.61. The Morgan fingerprint density at radius 2 is 2.00 bits per heavy atom. The molecule has 31 heavy (non-hydrogen) atoms. The van der Waals surface area contributed by atoms with Crippen LogP contribution in [0.5, 0.6) is 0 Å². The Hall–Kier alpha value is -3.07. The molecular weight excluding hydrogens is 418 g/mol. The molecule has 3 aromatic rings. The lowest BCUT2D eigenvalue weighted by atomic mass is 9.96. The number of carbonyl (C=O) groups excluding carboxylic acids is 1. The molecule has 1 aliphatic heterocycles. The van der Waals surface area contributed by atoms with Gasteiger partial charge >= 0.3 is 0 Å². The van der Waals surface area contributed by atoms with Crippen molar-refractivity contribution in [2.45, 2.75) is 46.1 Å². The van der Waals surface area contributed by atoms with Crippen LogP contribution in [0, 0.1) is 13.8 Å². The number of hydrogen-bond acceptors (Lipinski definition) is 7. The third kappa shape index (κ3) is 4.99. The summed E-state index contributed by atoms with van der Waals surface area (Å²) in [7, 11) is 0. The van der Waals surface area contributed by atoms with Crippen molar-refractivity contribution in [1.29, 1.82) is 0 Å². The minimum absolute atomic E-state index is 0.00622. The standard InChI is InChI=1S/C21H24ClN7O2/c1-13(19-5-4-18(22)11-17(19)12-29-26-14(2)23-27-29)10-20(30)28-8-6-16(7-9-28)21-25-24-15(3)31-21/h4-5,10-11,16H,6-9,12H2,1-3H3. The van der Waals surface area contributed by atoms with Crippen molar-refractivity contribution in [2.24, 2.45) is 0 Å². The lowest BCUT2D eigenvalue weighted by Crippen LogP contribution is -2.37. The smallest absolute Gasteiger partial charge is 0.246 e. The third-order valence-corrected chi connectivity index (χ3v) is 5.63. The van der Waals surface area contributed by atoms with Gasteiger partial charge in [0.25, 0.3) is 0 Å². The second kappa shape index (κ2) is 8.97. The molecule has 0 saturated carbocycles. The highest BCUT2D eigenvalue weighted by molar-refractivity contribution is 6.30. The molecule has 1 amide bonds. The average Bonchev–Trinajstić information content (AvgIpc) is 3.36. The highest BCUT2D eigenvalue weighted by Crippen LogP contribution is 2.28. The van der Waals surface area contributed by atoms with E-state index in [9.17, 15) is 4.79 Å². The normalized spacial score (nSPS) is 15.5. The van der Waals surface area contributed by atoms with Crippen molar-refractivity contribution in [3.8, 4) is 0 Å². The van der Waals surface area contributed by atoms with Gasteiger partial charge in [0, 0.05) is 37.0 Å². The summed E-state index contributed by atoms with van der Waals surface area (Å²) in [4.78, 5) is 16.3. The van der Waals surface area contributed by atoms with E-state index >= 15 is 0 Å². The number of halogens is 1. The summed E-state index contributed by atoms with van der Waals surface area (Å²) in [5.74, 6) is 2.04. The first-order valence-corrected chi connectivity index (χ1v) is 10.6. The summed E-state index contributed by atoms with van der Waals surface area (Å²) in [5.41, 5.74) is 2.73. The maximum Gasteiger partial charge on any atom is 0.246 e. The molecule has 1 fully saturated rings. The Bertz CT molecular complexity index is 1110. The Morgan fingerprint density at radius 1 is 1.23 bits per heavy atom. The quantitative estimate of drug-likeness (QED) is 0.560. The molecule has 0 radical (unpaired) electrons. The molecule has 0 bridgehead atoms. The van der Waals surface area contributed by atoms with Gasteiger partial charge in [0.1, 0.15) is 0 Å². The van der Waals surface area contributed by atoms with E-state index < -0.39 is 0 Å². The fourth-order valence-electron chi connectivity index (χ4n) is 3.80. The van der Waals surface area contributed by atoms with E-state index in [1.807, 2.05) is 30.0 Å². The lowest BCUT2D eigenvalue weighted by Gasteiger charge is -2.29. The van der Waals surface area contributed by atoms with E-state index in [4.69, 9.17) is 16.0 Å².